The van der Waals surface area contributed by atoms with Crippen molar-refractivity contribution in [2.24, 2.45) is 0 Å². The van der Waals surface area contributed by atoms with Crippen molar-refractivity contribution < 1.29 is 19.5 Å². The zero-order chi connectivity index (χ0) is 24.5. The number of hydrogen-bond acceptors (Lipinski definition) is 3. The predicted octanol–water partition coefficient (Wildman–Crippen LogP) is 6.17. The second-order valence-corrected chi connectivity index (χ2v) is 9.28. The molecule has 3 N–H and O–H groups in total. The molecule has 180 valence electrons. The van der Waals surface area contributed by atoms with E-state index in [9.17, 15) is 14.4 Å². The van der Waals surface area contributed by atoms with Gasteiger partial charge in [-0.05, 0) is 66.6 Å². The van der Waals surface area contributed by atoms with Crippen LogP contribution in [0.3, 0.4) is 0 Å². The van der Waals surface area contributed by atoms with Crippen LogP contribution in [0.5, 0.6) is 0 Å². The Kier molecular flexibility index (Phi) is 9.54. The van der Waals surface area contributed by atoms with E-state index in [0.717, 1.165) is 43.2 Å². The molecule has 34 heavy (non-hydrogen) atoms. The van der Waals surface area contributed by atoms with Gasteiger partial charge in [-0.1, -0.05) is 54.2 Å². The van der Waals surface area contributed by atoms with Crippen LogP contribution in [0, 0.1) is 0 Å². The molecule has 0 heterocycles. The fraction of sp³-hybridized carbons (Fsp3) is 0.346. The van der Waals surface area contributed by atoms with E-state index in [-0.39, 0.29) is 24.3 Å². The molecular weight excluding hydrogens is 475 g/mol. The molecule has 2 amide bonds. The number of benzene rings is 2. The Morgan fingerprint density at radius 1 is 0.971 bits per heavy atom. The fourth-order valence-corrected chi connectivity index (χ4v) is 4.58. The number of aryl methyl sites for hydroxylation is 1. The van der Waals surface area contributed by atoms with Gasteiger partial charge in [-0.3, -0.25) is 14.4 Å². The first-order valence-electron chi connectivity index (χ1n) is 11.4. The maximum absolute atomic E-state index is 12.3. The number of nitrogens with one attached hydrogen (secondary N) is 2. The largest absolute Gasteiger partial charge is 0.481 e. The Morgan fingerprint density at radius 3 is 2.38 bits per heavy atom. The number of unbranched alkanes of at least 4 members (excludes halogenated alkanes) is 3. The molecule has 0 aromatic heterocycles. The summed E-state index contributed by atoms with van der Waals surface area (Å²) in [6.45, 7) is 0. The lowest BCUT2D eigenvalue weighted by Gasteiger charge is -2.14. The van der Waals surface area contributed by atoms with Gasteiger partial charge < -0.3 is 15.7 Å². The molecule has 3 rings (SSSR count). The summed E-state index contributed by atoms with van der Waals surface area (Å²) in [6, 6.07) is 10.8. The normalized spacial score (nSPS) is 14.7. The average Bonchev–Trinajstić information content (AvgIpc) is 3.15. The third-order valence-corrected chi connectivity index (χ3v) is 6.12. The number of aliphatic carboxylic acids is 1. The number of hydrogen-bond donors (Lipinski definition) is 3. The van der Waals surface area contributed by atoms with Crippen LogP contribution < -0.4 is 10.6 Å². The highest BCUT2D eigenvalue weighted by atomic mass is 35.5. The van der Waals surface area contributed by atoms with Crippen molar-refractivity contribution in [3.63, 3.8) is 0 Å². The number of carboxylic acid groups (broad SMARTS) is 1. The summed E-state index contributed by atoms with van der Waals surface area (Å²) in [5, 5.41) is 15.4. The lowest BCUT2D eigenvalue weighted by molar-refractivity contribution is -0.137. The maximum Gasteiger partial charge on any atom is 0.303 e. The average molecular weight is 503 g/mol. The van der Waals surface area contributed by atoms with Gasteiger partial charge >= 0.3 is 5.97 Å². The molecule has 6 nitrogen and oxygen atoms in total. The van der Waals surface area contributed by atoms with E-state index < -0.39 is 5.97 Å². The number of carbonyl (C=O) groups is 3. The van der Waals surface area contributed by atoms with Gasteiger partial charge in [0.1, 0.15) is 0 Å². The first kappa shape index (κ1) is 25.8. The van der Waals surface area contributed by atoms with Crippen molar-refractivity contribution in [2.45, 2.75) is 57.4 Å². The Hall–Kier alpha value is -2.83. The Labute approximate surface area is 209 Å². The molecule has 1 aliphatic rings. The Bertz CT molecular complexity index is 1060. The van der Waals surface area contributed by atoms with Gasteiger partial charge in [0.05, 0.1) is 6.04 Å². The molecular formula is C26H28Cl2N2O4. The minimum Gasteiger partial charge on any atom is -0.481 e. The van der Waals surface area contributed by atoms with Crippen molar-refractivity contribution in [1.29, 1.82) is 0 Å². The van der Waals surface area contributed by atoms with Crippen LogP contribution in [0.4, 0.5) is 5.69 Å². The molecule has 0 aliphatic heterocycles. The van der Waals surface area contributed by atoms with Gasteiger partial charge in [-0.25, -0.2) is 0 Å². The standard InChI is InChI=1S/C26H28Cl2N2O4/c27-19-14-20(28)16-21(15-19)29-25(32)12-8-17-7-10-22-18(13-17)9-11-23(22)30-24(31)5-3-1-2-4-6-26(33)34/h7-8,10,12-16,23H,1-6,9,11H2,(H,29,32)(H,30,31)(H,33,34)/b12-8+. The van der Waals surface area contributed by atoms with E-state index in [0.29, 0.717) is 28.6 Å². The van der Waals surface area contributed by atoms with Crippen molar-refractivity contribution in [3.8, 4) is 0 Å². The van der Waals surface area contributed by atoms with Crippen LogP contribution >= 0.6 is 23.2 Å². The van der Waals surface area contributed by atoms with Crippen LogP contribution in [0.1, 0.15) is 67.7 Å². The lowest BCUT2D eigenvalue weighted by Crippen LogP contribution is -2.26. The van der Waals surface area contributed by atoms with Crippen molar-refractivity contribution in [1.82, 2.24) is 5.32 Å². The minimum atomic E-state index is -0.775. The third-order valence-electron chi connectivity index (χ3n) is 5.68. The van der Waals surface area contributed by atoms with Crippen molar-refractivity contribution >= 4 is 52.7 Å². The van der Waals surface area contributed by atoms with Crippen LogP contribution in [0.15, 0.2) is 42.5 Å². The van der Waals surface area contributed by atoms with E-state index in [1.54, 1.807) is 24.3 Å². The van der Waals surface area contributed by atoms with Crippen LogP contribution in [-0.2, 0) is 20.8 Å². The van der Waals surface area contributed by atoms with Gasteiger partial charge in [-0.2, -0.15) is 0 Å². The van der Waals surface area contributed by atoms with E-state index in [4.69, 9.17) is 28.3 Å². The predicted molar refractivity (Wildman–Crippen MR) is 135 cm³/mol. The number of halogens is 2. The van der Waals surface area contributed by atoms with Gasteiger partial charge in [0.25, 0.3) is 0 Å². The zero-order valence-electron chi connectivity index (χ0n) is 18.8. The second-order valence-electron chi connectivity index (χ2n) is 8.41. The van der Waals surface area contributed by atoms with Crippen LogP contribution in [0.2, 0.25) is 10.0 Å². The molecule has 1 atom stereocenters. The summed E-state index contributed by atoms with van der Waals surface area (Å²) in [6.07, 6.45) is 8.66. The lowest BCUT2D eigenvalue weighted by atomic mass is 10.0. The molecule has 2 aromatic rings. The number of fused-ring (bicyclic) bond motifs is 1. The third kappa shape index (κ3) is 8.19. The van der Waals surface area contributed by atoms with E-state index in [1.807, 2.05) is 18.2 Å². The summed E-state index contributed by atoms with van der Waals surface area (Å²) >= 11 is 11.9. The monoisotopic (exact) mass is 502 g/mol. The quantitative estimate of drug-likeness (QED) is 0.252. The first-order valence-corrected chi connectivity index (χ1v) is 12.1. The summed E-state index contributed by atoms with van der Waals surface area (Å²) in [7, 11) is 0. The summed E-state index contributed by atoms with van der Waals surface area (Å²) in [4.78, 5) is 35.1. The highest BCUT2D eigenvalue weighted by molar-refractivity contribution is 6.35. The summed E-state index contributed by atoms with van der Waals surface area (Å²) in [5.41, 5.74) is 3.72. The van der Waals surface area contributed by atoms with Gasteiger partial charge in [0.2, 0.25) is 11.8 Å². The highest BCUT2D eigenvalue weighted by Crippen LogP contribution is 2.32. The highest BCUT2D eigenvalue weighted by Gasteiger charge is 2.23. The maximum atomic E-state index is 12.3. The molecule has 0 radical (unpaired) electrons. The zero-order valence-corrected chi connectivity index (χ0v) is 20.3. The number of anilines is 1. The number of carboxylic acids is 1. The molecule has 8 heteroatoms. The number of amides is 2. The molecule has 1 unspecified atom stereocenters. The van der Waals surface area contributed by atoms with Crippen molar-refractivity contribution in [2.75, 3.05) is 5.32 Å². The summed E-state index contributed by atoms with van der Waals surface area (Å²) in [5.74, 6) is -1.03. The van der Waals surface area contributed by atoms with Gasteiger partial charge in [0, 0.05) is 34.7 Å². The van der Waals surface area contributed by atoms with Crippen molar-refractivity contribution in [3.05, 3.63) is 69.2 Å². The molecule has 0 saturated heterocycles. The van der Waals surface area contributed by atoms with E-state index in [1.165, 1.54) is 11.6 Å². The minimum absolute atomic E-state index is 0.00316. The van der Waals surface area contributed by atoms with E-state index in [2.05, 4.69) is 10.6 Å². The molecule has 0 bridgehead atoms. The molecule has 0 fully saturated rings. The number of rotatable bonds is 11. The SMILES string of the molecule is O=C(O)CCCCCCC(=O)NC1CCc2cc(/C=C/C(=O)Nc3cc(Cl)cc(Cl)c3)ccc21. The molecule has 1 aliphatic carbocycles. The van der Waals surface area contributed by atoms with E-state index >= 15 is 0 Å². The smallest absolute Gasteiger partial charge is 0.303 e. The van der Waals surface area contributed by atoms with Gasteiger partial charge in [0.15, 0.2) is 0 Å². The second kappa shape index (κ2) is 12.6. The first-order chi connectivity index (χ1) is 16.3. The number of carbonyl (C=O) groups excluding carboxylic acids is 2. The molecule has 2 aromatic carbocycles. The fourth-order valence-electron chi connectivity index (χ4n) is 4.05. The Morgan fingerprint density at radius 2 is 1.68 bits per heavy atom. The topological polar surface area (TPSA) is 95.5 Å². The molecule has 0 spiro atoms. The van der Waals surface area contributed by atoms with Gasteiger partial charge in [-0.15, -0.1) is 0 Å². The summed E-state index contributed by atoms with van der Waals surface area (Å²) < 4.78 is 0. The van der Waals surface area contributed by atoms with Crippen LogP contribution in [-0.4, -0.2) is 22.9 Å². The Balaban J connectivity index is 1.47. The molecule has 0 saturated carbocycles. The van der Waals surface area contributed by atoms with Crippen LogP contribution in [0.25, 0.3) is 6.08 Å².